The Morgan fingerprint density at radius 2 is 1.81 bits per heavy atom. The van der Waals surface area contributed by atoms with Crippen LogP contribution in [0.15, 0.2) is 29.2 Å². The van der Waals surface area contributed by atoms with E-state index in [4.69, 9.17) is 0 Å². The van der Waals surface area contributed by atoms with Crippen LogP contribution in [0.3, 0.4) is 0 Å². The molecule has 0 aliphatic rings. The molecule has 3 heteroatoms. The number of nitrogens with one attached hydrogen (secondary N) is 1. The average molecular weight is 237 g/mol. The molecule has 16 heavy (non-hydrogen) atoms. The van der Waals surface area contributed by atoms with Crippen LogP contribution in [0.4, 0.5) is 0 Å². The summed E-state index contributed by atoms with van der Waals surface area (Å²) in [6.45, 7) is 6.35. The van der Waals surface area contributed by atoms with E-state index in [1.165, 1.54) is 4.90 Å². The van der Waals surface area contributed by atoms with Gasteiger partial charge in [0, 0.05) is 16.9 Å². The van der Waals surface area contributed by atoms with E-state index in [1.807, 2.05) is 20.8 Å². The van der Waals surface area contributed by atoms with E-state index in [2.05, 4.69) is 35.8 Å². The standard InChI is InChI=1S/C13H19NOS/c1-13(2,3)12(15)14-9-10-5-7-11(16-4)8-6-10/h5-8H,9H2,1-4H3,(H,14,15). The number of hydrogen-bond acceptors (Lipinski definition) is 2. The van der Waals surface area contributed by atoms with Gasteiger partial charge in [0.05, 0.1) is 0 Å². The van der Waals surface area contributed by atoms with Crippen molar-refractivity contribution in [2.75, 3.05) is 6.26 Å². The van der Waals surface area contributed by atoms with Crippen molar-refractivity contribution < 1.29 is 4.79 Å². The quantitative estimate of drug-likeness (QED) is 0.819. The first-order chi connectivity index (χ1) is 7.43. The average Bonchev–Trinajstić information content (AvgIpc) is 2.25. The number of carbonyl (C=O) groups is 1. The van der Waals surface area contributed by atoms with Crippen molar-refractivity contribution in [3.05, 3.63) is 29.8 Å². The lowest BCUT2D eigenvalue weighted by atomic mass is 9.95. The highest BCUT2D eigenvalue weighted by atomic mass is 32.2. The second-order valence-electron chi connectivity index (χ2n) is 4.78. The molecule has 1 aromatic carbocycles. The fourth-order valence-corrected chi connectivity index (χ4v) is 1.60. The number of carbonyl (C=O) groups excluding carboxylic acids is 1. The van der Waals surface area contributed by atoms with E-state index < -0.39 is 0 Å². The second kappa shape index (κ2) is 5.39. The third kappa shape index (κ3) is 3.89. The summed E-state index contributed by atoms with van der Waals surface area (Å²) in [7, 11) is 0. The minimum atomic E-state index is -0.320. The number of benzene rings is 1. The van der Waals surface area contributed by atoms with Crippen LogP contribution in [0.5, 0.6) is 0 Å². The maximum Gasteiger partial charge on any atom is 0.225 e. The molecule has 0 aliphatic carbocycles. The fourth-order valence-electron chi connectivity index (χ4n) is 1.19. The molecule has 0 heterocycles. The maximum absolute atomic E-state index is 11.6. The van der Waals surface area contributed by atoms with E-state index in [1.54, 1.807) is 11.8 Å². The molecular weight excluding hydrogens is 218 g/mol. The Morgan fingerprint density at radius 1 is 1.25 bits per heavy atom. The van der Waals surface area contributed by atoms with Crippen LogP contribution in [0.25, 0.3) is 0 Å². The van der Waals surface area contributed by atoms with Gasteiger partial charge in [0.25, 0.3) is 0 Å². The molecule has 0 atom stereocenters. The third-order valence-electron chi connectivity index (χ3n) is 2.29. The Balaban J connectivity index is 2.52. The molecule has 1 rings (SSSR count). The van der Waals surface area contributed by atoms with Crippen LogP contribution in [0.2, 0.25) is 0 Å². The van der Waals surface area contributed by atoms with Crippen LogP contribution >= 0.6 is 11.8 Å². The molecule has 1 aromatic rings. The molecule has 0 saturated heterocycles. The van der Waals surface area contributed by atoms with Gasteiger partial charge in [-0.2, -0.15) is 0 Å². The number of rotatable bonds is 3. The van der Waals surface area contributed by atoms with Crippen molar-refractivity contribution in [2.45, 2.75) is 32.2 Å². The van der Waals surface area contributed by atoms with Gasteiger partial charge in [-0.1, -0.05) is 32.9 Å². The lowest BCUT2D eigenvalue weighted by molar-refractivity contribution is -0.128. The normalized spacial score (nSPS) is 11.2. The highest BCUT2D eigenvalue weighted by Crippen LogP contribution is 2.16. The van der Waals surface area contributed by atoms with Crippen LogP contribution in [0.1, 0.15) is 26.3 Å². The second-order valence-corrected chi connectivity index (χ2v) is 5.66. The SMILES string of the molecule is CSc1ccc(CNC(=O)C(C)(C)C)cc1. The van der Waals surface area contributed by atoms with Gasteiger partial charge < -0.3 is 5.32 Å². The Labute approximate surface area is 102 Å². The smallest absolute Gasteiger partial charge is 0.225 e. The van der Waals surface area contributed by atoms with E-state index in [9.17, 15) is 4.79 Å². The zero-order valence-electron chi connectivity index (χ0n) is 10.3. The van der Waals surface area contributed by atoms with Crippen LogP contribution in [-0.2, 0) is 11.3 Å². The monoisotopic (exact) mass is 237 g/mol. The number of hydrogen-bond donors (Lipinski definition) is 1. The molecule has 0 spiro atoms. The maximum atomic E-state index is 11.6. The first-order valence-corrected chi connectivity index (χ1v) is 6.57. The summed E-state index contributed by atoms with van der Waals surface area (Å²) in [5.74, 6) is 0.0847. The zero-order chi connectivity index (χ0) is 12.2. The van der Waals surface area contributed by atoms with E-state index in [0.29, 0.717) is 6.54 Å². The molecule has 0 aliphatic heterocycles. The van der Waals surface area contributed by atoms with E-state index >= 15 is 0 Å². The van der Waals surface area contributed by atoms with Gasteiger partial charge in [0.15, 0.2) is 0 Å². The summed E-state index contributed by atoms with van der Waals surface area (Å²) in [6, 6.07) is 8.25. The van der Waals surface area contributed by atoms with Crippen molar-refractivity contribution in [3.8, 4) is 0 Å². The molecule has 88 valence electrons. The molecule has 0 radical (unpaired) electrons. The van der Waals surface area contributed by atoms with Crippen molar-refractivity contribution in [1.82, 2.24) is 5.32 Å². The number of amides is 1. The van der Waals surface area contributed by atoms with Crippen LogP contribution < -0.4 is 5.32 Å². The number of thioether (sulfide) groups is 1. The summed E-state index contributed by atoms with van der Waals surface area (Å²) >= 11 is 1.72. The Hall–Kier alpha value is -0.960. The van der Waals surface area contributed by atoms with Crippen LogP contribution in [0, 0.1) is 5.41 Å². The Kier molecular flexibility index (Phi) is 4.42. The summed E-state index contributed by atoms with van der Waals surface area (Å²) in [5, 5.41) is 2.93. The Morgan fingerprint density at radius 3 is 2.25 bits per heavy atom. The lowest BCUT2D eigenvalue weighted by Crippen LogP contribution is -2.34. The van der Waals surface area contributed by atoms with Crippen molar-refractivity contribution in [1.29, 1.82) is 0 Å². The highest BCUT2D eigenvalue weighted by Gasteiger charge is 2.20. The molecule has 0 aromatic heterocycles. The molecule has 0 saturated carbocycles. The van der Waals surface area contributed by atoms with Gasteiger partial charge in [-0.15, -0.1) is 11.8 Å². The fraction of sp³-hybridized carbons (Fsp3) is 0.462. The molecule has 0 unspecified atom stereocenters. The van der Waals surface area contributed by atoms with Gasteiger partial charge in [0.1, 0.15) is 0 Å². The molecule has 1 amide bonds. The van der Waals surface area contributed by atoms with E-state index in [0.717, 1.165) is 5.56 Å². The lowest BCUT2D eigenvalue weighted by Gasteiger charge is -2.17. The first-order valence-electron chi connectivity index (χ1n) is 5.34. The van der Waals surface area contributed by atoms with Gasteiger partial charge >= 0.3 is 0 Å². The molecule has 1 N–H and O–H groups in total. The van der Waals surface area contributed by atoms with Crippen molar-refractivity contribution >= 4 is 17.7 Å². The van der Waals surface area contributed by atoms with Gasteiger partial charge in [-0.05, 0) is 24.0 Å². The summed E-state index contributed by atoms with van der Waals surface area (Å²) in [5.41, 5.74) is 0.814. The van der Waals surface area contributed by atoms with E-state index in [-0.39, 0.29) is 11.3 Å². The topological polar surface area (TPSA) is 29.1 Å². The van der Waals surface area contributed by atoms with Crippen molar-refractivity contribution in [2.24, 2.45) is 5.41 Å². The Bertz CT molecular complexity index is 351. The summed E-state index contributed by atoms with van der Waals surface area (Å²) in [4.78, 5) is 12.9. The first kappa shape index (κ1) is 13.1. The van der Waals surface area contributed by atoms with Crippen LogP contribution in [-0.4, -0.2) is 12.2 Å². The predicted octanol–water partition coefficient (Wildman–Crippen LogP) is 3.07. The minimum Gasteiger partial charge on any atom is -0.352 e. The summed E-state index contributed by atoms with van der Waals surface area (Å²) < 4.78 is 0. The molecule has 0 fully saturated rings. The third-order valence-corrected chi connectivity index (χ3v) is 3.04. The van der Waals surface area contributed by atoms with Crippen molar-refractivity contribution in [3.63, 3.8) is 0 Å². The summed E-state index contributed by atoms with van der Waals surface area (Å²) in [6.07, 6.45) is 2.05. The van der Waals surface area contributed by atoms with Gasteiger partial charge in [-0.3, -0.25) is 4.79 Å². The largest absolute Gasteiger partial charge is 0.352 e. The van der Waals surface area contributed by atoms with Gasteiger partial charge in [0.2, 0.25) is 5.91 Å². The predicted molar refractivity (Wildman–Crippen MR) is 69.5 cm³/mol. The zero-order valence-corrected chi connectivity index (χ0v) is 11.1. The minimum absolute atomic E-state index is 0.0847. The molecular formula is C13H19NOS. The van der Waals surface area contributed by atoms with Gasteiger partial charge in [-0.25, -0.2) is 0 Å². The molecule has 0 bridgehead atoms. The molecule has 2 nitrogen and oxygen atoms in total. The highest BCUT2D eigenvalue weighted by molar-refractivity contribution is 7.98.